The van der Waals surface area contributed by atoms with Gasteiger partial charge in [-0.05, 0) is 112 Å². The van der Waals surface area contributed by atoms with Crippen LogP contribution in [0.1, 0.15) is 100 Å². The molecule has 4 rings (SSSR count). The summed E-state index contributed by atoms with van der Waals surface area (Å²) < 4.78 is 8.28. The number of ether oxygens (including phenoxy) is 1. The second-order valence-corrected chi connectivity index (χ2v) is 17.3. The average molecular weight is 616 g/mol. The Morgan fingerprint density at radius 3 is 1.73 bits per heavy atom. The molecule has 1 aromatic heterocycles. The van der Waals surface area contributed by atoms with E-state index in [9.17, 15) is 0 Å². The molecule has 1 aromatic rings. The highest BCUT2D eigenvalue weighted by Crippen LogP contribution is 2.33. The van der Waals surface area contributed by atoms with Gasteiger partial charge in [0.05, 0.1) is 17.9 Å². The van der Waals surface area contributed by atoms with Gasteiger partial charge in [-0.25, -0.2) is 0 Å². The Morgan fingerprint density at radius 1 is 0.659 bits per heavy atom. The molecule has 0 aliphatic carbocycles. The molecule has 0 unspecified atom stereocenters. The first-order chi connectivity index (χ1) is 20.5. The van der Waals surface area contributed by atoms with Crippen molar-refractivity contribution in [1.29, 1.82) is 0 Å². The van der Waals surface area contributed by atoms with Crippen molar-refractivity contribution in [2.24, 2.45) is 0 Å². The molecule has 3 aliphatic heterocycles. The number of aryl methyl sites for hydroxylation is 1. The molecule has 0 saturated carbocycles. The van der Waals surface area contributed by atoms with E-state index in [0.29, 0.717) is 6.10 Å². The lowest BCUT2D eigenvalue weighted by Gasteiger charge is -2.45. The van der Waals surface area contributed by atoms with Gasteiger partial charge >= 0.3 is 0 Å². The summed E-state index contributed by atoms with van der Waals surface area (Å²) in [4.78, 5) is 13.2. The predicted molar refractivity (Wildman–Crippen MR) is 185 cm³/mol. The lowest BCUT2D eigenvalue weighted by atomic mass is 9.78. The number of likely N-dealkylation sites (tertiary alicyclic amines) is 1. The van der Waals surface area contributed by atoms with Crippen LogP contribution >= 0.6 is 0 Å². The third kappa shape index (κ3) is 10.8. The van der Waals surface area contributed by atoms with Gasteiger partial charge in [-0.2, -0.15) is 5.10 Å². The third-order valence-corrected chi connectivity index (χ3v) is 10.6. The summed E-state index contributed by atoms with van der Waals surface area (Å²) in [6.07, 6.45) is 9.70. The molecule has 8 heteroatoms. The van der Waals surface area contributed by atoms with Crippen LogP contribution in [0.2, 0.25) is 0 Å². The highest BCUT2D eigenvalue weighted by Gasteiger charge is 2.34. The Morgan fingerprint density at radius 2 is 1.18 bits per heavy atom. The van der Waals surface area contributed by atoms with E-state index in [1.54, 1.807) is 0 Å². The molecule has 3 fully saturated rings. The Bertz CT molecular complexity index is 985. The van der Waals surface area contributed by atoms with Gasteiger partial charge in [-0.15, -0.1) is 0 Å². The molecule has 4 heterocycles. The molecule has 0 radical (unpaired) electrons. The topological polar surface area (TPSA) is 43.3 Å². The summed E-state index contributed by atoms with van der Waals surface area (Å²) >= 11 is 0. The highest BCUT2D eigenvalue weighted by atomic mass is 16.5. The number of rotatable bonds is 14. The van der Waals surface area contributed by atoms with Crippen molar-refractivity contribution in [3.05, 3.63) is 18.0 Å². The second-order valence-electron chi connectivity index (χ2n) is 17.3. The van der Waals surface area contributed by atoms with E-state index < -0.39 is 0 Å². The minimum atomic E-state index is -0.0221. The third-order valence-electron chi connectivity index (χ3n) is 10.6. The fraction of sp³-hybridized carbons (Fsp3) is 0.917. The van der Waals surface area contributed by atoms with Gasteiger partial charge in [0.15, 0.2) is 0 Å². The van der Waals surface area contributed by atoms with Gasteiger partial charge in [0, 0.05) is 89.3 Å². The number of hydrogen-bond donors (Lipinski definition) is 0. The van der Waals surface area contributed by atoms with Crippen molar-refractivity contribution in [2.45, 2.75) is 130 Å². The van der Waals surface area contributed by atoms with Crippen molar-refractivity contribution in [3.8, 4) is 0 Å². The zero-order valence-corrected chi connectivity index (χ0v) is 30.5. The molecule has 0 N–H and O–H groups in total. The molecule has 254 valence electrons. The first-order valence-corrected chi connectivity index (χ1v) is 17.9. The van der Waals surface area contributed by atoms with Gasteiger partial charge < -0.3 is 14.5 Å². The molecular formula is C36H69N7O. The maximum absolute atomic E-state index is 6.09. The lowest BCUT2D eigenvalue weighted by molar-refractivity contribution is -0.124. The SMILES string of the molecule is CC(C)(C)OC1CN(CCCN2CCN(C(C)(C)CCC(C)(C)c3cnn(CCCN4CCN(C(C)(C)C)CC4)c3)CC2)C1. The van der Waals surface area contributed by atoms with Crippen LogP contribution < -0.4 is 0 Å². The largest absolute Gasteiger partial charge is 0.370 e. The maximum atomic E-state index is 6.09. The van der Waals surface area contributed by atoms with E-state index in [1.807, 2.05) is 0 Å². The summed E-state index contributed by atoms with van der Waals surface area (Å²) in [7, 11) is 0. The molecule has 8 nitrogen and oxygen atoms in total. The van der Waals surface area contributed by atoms with Crippen molar-refractivity contribution in [2.75, 3.05) is 85.1 Å². The van der Waals surface area contributed by atoms with E-state index in [-0.39, 0.29) is 22.1 Å². The van der Waals surface area contributed by atoms with E-state index in [4.69, 9.17) is 9.84 Å². The van der Waals surface area contributed by atoms with Crippen LogP contribution in [0.5, 0.6) is 0 Å². The molecule has 0 atom stereocenters. The Labute approximate surface area is 271 Å². The molecule has 3 saturated heterocycles. The number of hydrogen-bond acceptors (Lipinski definition) is 7. The zero-order valence-electron chi connectivity index (χ0n) is 30.5. The molecule has 44 heavy (non-hydrogen) atoms. The first kappa shape index (κ1) is 35.8. The van der Waals surface area contributed by atoms with Gasteiger partial charge in [0.25, 0.3) is 0 Å². The van der Waals surface area contributed by atoms with Crippen molar-refractivity contribution < 1.29 is 4.74 Å². The first-order valence-electron chi connectivity index (χ1n) is 17.9. The maximum Gasteiger partial charge on any atom is 0.0835 e. The Balaban J connectivity index is 1.10. The van der Waals surface area contributed by atoms with Crippen LogP contribution in [0.3, 0.4) is 0 Å². The summed E-state index contributed by atoms with van der Waals surface area (Å²) in [6.45, 7) is 39.5. The molecule has 0 bridgehead atoms. The van der Waals surface area contributed by atoms with Crippen LogP contribution in [-0.2, 0) is 16.7 Å². The lowest BCUT2D eigenvalue weighted by Crippen LogP contribution is -2.56. The number of aromatic nitrogens is 2. The van der Waals surface area contributed by atoms with Crippen molar-refractivity contribution in [1.82, 2.24) is 34.3 Å². The van der Waals surface area contributed by atoms with Crippen LogP contribution in [0.4, 0.5) is 0 Å². The van der Waals surface area contributed by atoms with Gasteiger partial charge in [0.2, 0.25) is 0 Å². The number of piperazine rings is 2. The van der Waals surface area contributed by atoms with Crippen molar-refractivity contribution in [3.63, 3.8) is 0 Å². The fourth-order valence-electron chi connectivity index (χ4n) is 7.23. The Hall–Kier alpha value is -1.03. The van der Waals surface area contributed by atoms with E-state index >= 15 is 0 Å². The van der Waals surface area contributed by atoms with Crippen LogP contribution in [0.25, 0.3) is 0 Å². The quantitative estimate of drug-likeness (QED) is 0.291. The smallest absolute Gasteiger partial charge is 0.0835 e. The van der Waals surface area contributed by atoms with Gasteiger partial charge in [-0.1, -0.05) is 13.8 Å². The fourth-order valence-corrected chi connectivity index (χ4v) is 7.23. The normalized spacial score (nSPS) is 21.7. The predicted octanol–water partition coefficient (Wildman–Crippen LogP) is 5.03. The van der Waals surface area contributed by atoms with Crippen LogP contribution in [-0.4, -0.2) is 142 Å². The van der Waals surface area contributed by atoms with Crippen molar-refractivity contribution >= 4 is 0 Å². The summed E-state index contributed by atoms with van der Waals surface area (Å²) in [5.74, 6) is 0. The van der Waals surface area contributed by atoms with E-state index in [2.05, 4.69) is 111 Å². The molecule has 0 spiro atoms. The molecular weight excluding hydrogens is 546 g/mol. The minimum absolute atomic E-state index is 0.0221. The van der Waals surface area contributed by atoms with E-state index in [0.717, 1.165) is 19.6 Å². The standard InChI is InChI=1S/C36H69N7O/c1-33(2,3)41-23-19-39(20-24-41)16-12-18-43-28-31(27-37-43)35(7,8)13-14-36(9,10)42-25-21-38(22-26-42)15-11-17-40-29-32(30-40)44-34(4,5)6/h27-28,32H,11-26,29-30H2,1-10H3. The second kappa shape index (κ2) is 14.8. The highest BCUT2D eigenvalue weighted by molar-refractivity contribution is 5.17. The molecule has 0 amide bonds. The minimum Gasteiger partial charge on any atom is -0.370 e. The molecule has 0 aromatic carbocycles. The molecule has 3 aliphatic rings. The average Bonchev–Trinajstić information content (AvgIpc) is 3.40. The van der Waals surface area contributed by atoms with E-state index in [1.165, 1.54) is 103 Å². The van der Waals surface area contributed by atoms with Crippen LogP contribution in [0.15, 0.2) is 12.4 Å². The van der Waals surface area contributed by atoms with Crippen LogP contribution in [0, 0.1) is 0 Å². The number of nitrogens with zero attached hydrogens (tertiary/aromatic N) is 7. The summed E-state index contributed by atoms with van der Waals surface area (Å²) in [6, 6.07) is 0. The summed E-state index contributed by atoms with van der Waals surface area (Å²) in [5.41, 5.74) is 2.00. The zero-order chi connectivity index (χ0) is 32.2. The van der Waals surface area contributed by atoms with Gasteiger partial charge in [-0.3, -0.25) is 19.4 Å². The van der Waals surface area contributed by atoms with Gasteiger partial charge in [0.1, 0.15) is 0 Å². The Kier molecular flexibility index (Phi) is 12.1. The summed E-state index contributed by atoms with van der Waals surface area (Å²) in [5, 5.41) is 4.78. The monoisotopic (exact) mass is 616 g/mol.